The van der Waals surface area contributed by atoms with E-state index in [1.807, 2.05) is 18.5 Å². The molecule has 2 aromatic rings. The van der Waals surface area contributed by atoms with Gasteiger partial charge >= 0.3 is 0 Å². The fourth-order valence-electron chi connectivity index (χ4n) is 1.74. The Morgan fingerprint density at radius 3 is 2.80 bits per heavy atom. The Morgan fingerprint density at radius 1 is 1.35 bits per heavy atom. The van der Waals surface area contributed by atoms with Crippen LogP contribution >= 0.6 is 27.7 Å². The van der Waals surface area contributed by atoms with Gasteiger partial charge in [-0.1, -0.05) is 28.9 Å². The van der Waals surface area contributed by atoms with Crippen LogP contribution in [0.2, 0.25) is 0 Å². The molecule has 0 radical (unpaired) electrons. The smallest absolute Gasteiger partial charge is 0.195 e. The van der Waals surface area contributed by atoms with Crippen molar-refractivity contribution in [3.8, 4) is 0 Å². The first-order valence-corrected chi connectivity index (χ1v) is 8.25. The lowest BCUT2D eigenvalue weighted by atomic mass is 10.2. The van der Waals surface area contributed by atoms with Gasteiger partial charge in [0.1, 0.15) is 5.82 Å². The number of nitrogens with zero attached hydrogens (tertiary/aromatic N) is 3. The SMILES string of the molecule is CCCNCc1ccc(Br)cc1Sc1nnc(C)n1C. The summed E-state index contributed by atoms with van der Waals surface area (Å²) in [5, 5.41) is 12.7. The molecule has 1 N–H and O–H groups in total. The molecule has 0 aliphatic heterocycles. The Labute approximate surface area is 132 Å². The molecule has 0 amide bonds. The molecule has 0 spiro atoms. The summed E-state index contributed by atoms with van der Waals surface area (Å²) in [6, 6.07) is 6.37. The Morgan fingerprint density at radius 2 is 2.15 bits per heavy atom. The molecule has 1 heterocycles. The van der Waals surface area contributed by atoms with Gasteiger partial charge in [0.05, 0.1) is 0 Å². The first-order chi connectivity index (χ1) is 9.61. The van der Waals surface area contributed by atoms with Gasteiger partial charge in [-0.05, 0) is 49.3 Å². The molecule has 0 saturated carbocycles. The zero-order chi connectivity index (χ0) is 14.5. The summed E-state index contributed by atoms with van der Waals surface area (Å²) < 4.78 is 3.09. The van der Waals surface area contributed by atoms with E-state index in [9.17, 15) is 0 Å². The van der Waals surface area contributed by atoms with Crippen molar-refractivity contribution in [3.05, 3.63) is 34.1 Å². The number of nitrogens with one attached hydrogen (secondary N) is 1. The van der Waals surface area contributed by atoms with Crippen molar-refractivity contribution >= 4 is 27.7 Å². The summed E-state index contributed by atoms with van der Waals surface area (Å²) in [5.74, 6) is 0.924. The number of hydrogen-bond donors (Lipinski definition) is 1. The zero-order valence-corrected chi connectivity index (χ0v) is 14.4. The predicted molar refractivity (Wildman–Crippen MR) is 86.0 cm³/mol. The predicted octanol–water partition coefficient (Wildman–Crippen LogP) is 3.54. The molecular weight excluding hydrogens is 336 g/mol. The summed E-state index contributed by atoms with van der Waals surface area (Å²) in [4.78, 5) is 1.21. The monoisotopic (exact) mass is 354 g/mol. The van der Waals surface area contributed by atoms with Gasteiger partial charge in [-0.25, -0.2) is 0 Å². The number of hydrogen-bond acceptors (Lipinski definition) is 4. The van der Waals surface area contributed by atoms with Crippen molar-refractivity contribution in [1.29, 1.82) is 0 Å². The highest BCUT2D eigenvalue weighted by Crippen LogP contribution is 2.31. The van der Waals surface area contributed by atoms with Gasteiger partial charge in [-0.2, -0.15) is 0 Å². The van der Waals surface area contributed by atoms with Crippen molar-refractivity contribution in [1.82, 2.24) is 20.1 Å². The van der Waals surface area contributed by atoms with Crippen molar-refractivity contribution in [2.45, 2.75) is 36.9 Å². The molecule has 20 heavy (non-hydrogen) atoms. The first-order valence-electron chi connectivity index (χ1n) is 6.64. The van der Waals surface area contributed by atoms with Crippen LogP contribution in [0.3, 0.4) is 0 Å². The van der Waals surface area contributed by atoms with Gasteiger partial charge in [-0.15, -0.1) is 10.2 Å². The minimum atomic E-state index is 0.875. The normalized spacial score (nSPS) is 11.0. The third-order valence-electron chi connectivity index (χ3n) is 3.03. The van der Waals surface area contributed by atoms with E-state index in [1.165, 1.54) is 10.5 Å². The highest BCUT2D eigenvalue weighted by atomic mass is 79.9. The maximum Gasteiger partial charge on any atom is 0.195 e. The topological polar surface area (TPSA) is 42.7 Å². The van der Waals surface area contributed by atoms with E-state index in [-0.39, 0.29) is 0 Å². The fraction of sp³-hybridized carbons (Fsp3) is 0.429. The maximum atomic E-state index is 4.22. The quantitative estimate of drug-likeness (QED) is 0.805. The van der Waals surface area contributed by atoms with Gasteiger partial charge in [0.2, 0.25) is 0 Å². The first kappa shape index (κ1) is 15.5. The maximum absolute atomic E-state index is 4.22. The summed E-state index contributed by atoms with van der Waals surface area (Å²) in [7, 11) is 1.99. The largest absolute Gasteiger partial charge is 0.313 e. The second-order valence-corrected chi connectivity index (χ2v) is 6.54. The number of halogens is 1. The lowest BCUT2D eigenvalue weighted by molar-refractivity contribution is 0.669. The molecule has 108 valence electrons. The molecule has 6 heteroatoms. The minimum Gasteiger partial charge on any atom is -0.313 e. The summed E-state index contributed by atoms with van der Waals surface area (Å²) in [6.45, 7) is 6.04. The molecule has 0 saturated heterocycles. The van der Waals surface area contributed by atoms with Crippen LogP contribution in [0.1, 0.15) is 24.7 Å². The van der Waals surface area contributed by atoms with Crippen molar-refractivity contribution in [2.75, 3.05) is 6.54 Å². The van der Waals surface area contributed by atoms with Gasteiger partial charge < -0.3 is 9.88 Å². The summed E-state index contributed by atoms with van der Waals surface area (Å²) >= 11 is 5.19. The number of benzene rings is 1. The second kappa shape index (κ2) is 7.24. The van der Waals surface area contributed by atoms with Crippen LogP contribution in [0.4, 0.5) is 0 Å². The van der Waals surface area contributed by atoms with Gasteiger partial charge in [0.15, 0.2) is 5.16 Å². The second-order valence-electron chi connectivity index (χ2n) is 4.62. The molecule has 1 aromatic heterocycles. The Hall–Kier alpha value is -0.850. The molecule has 0 bridgehead atoms. The van der Waals surface area contributed by atoms with Crippen molar-refractivity contribution in [2.24, 2.45) is 7.05 Å². The number of aryl methyl sites for hydroxylation is 1. The van der Waals surface area contributed by atoms with Crippen molar-refractivity contribution in [3.63, 3.8) is 0 Å². The average molecular weight is 355 g/mol. The molecule has 1 aromatic carbocycles. The molecular formula is C14H19BrN4S. The van der Waals surface area contributed by atoms with Crippen molar-refractivity contribution < 1.29 is 0 Å². The summed E-state index contributed by atoms with van der Waals surface area (Å²) in [5.41, 5.74) is 1.28. The third-order valence-corrected chi connectivity index (χ3v) is 4.66. The molecule has 2 rings (SSSR count). The van der Waals surface area contributed by atoms with Crippen LogP contribution in [-0.4, -0.2) is 21.3 Å². The van der Waals surface area contributed by atoms with E-state index >= 15 is 0 Å². The summed E-state index contributed by atoms with van der Waals surface area (Å²) in [6.07, 6.45) is 1.14. The molecule has 0 atom stereocenters. The van der Waals surface area contributed by atoms with Gasteiger partial charge in [0.25, 0.3) is 0 Å². The molecule has 0 aliphatic carbocycles. The molecule has 0 fully saturated rings. The van der Waals surface area contributed by atoms with Crippen LogP contribution in [-0.2, 0) is 13.6 Å². The van der Waals surface area contributed by atoms with Gasteiger partial charge in [0, 0.05) is 23.0 Å². The van der Waals surface area contributed by atoms with E-state index in [0.717, 1.165) is 35.0 Å². The Kier molecular flexibility index (Phi) is 5.63. The van der Waals surface area contributed by atoms with E-state index in [2.05, 4.69) is 56.6 Å². The molecule has 0 unspecified atom stereocenters. The number of aromatic nitrogens is 3. The van der Waals surface area contributed by atoms with Gasteiger partial charge in [-0.3, -0.25) is 0 Å². The lowest BCUT2D eigenvalue weighted by Crippen LogP contribution is -2.14. The average Bonchev–Trinajstić information content (AvgIpc) is 2.73. The van der Waals surface area contributed by atoms with Crippen LogP contribution in [0, 0.1) is 6.92 Å². The number of rotatable bonds is 6. The zero-order valence-electron chi connectivity index (χ0n) is 12.0. The van der Waals surface area contributed by atoms with Crippen LogP contribution < -0.4 is 5.32 Å². The highest BCUT2D eigenvalue weighted by Gasteiger charge is 2.10. The van der Waals surface area contributed by atoms with Crippen LogP contribution in [0.5, 0.6) is 0 Å². The molecule has 4 nitrogen and oxygen atoms in total. The Balaban J connectivity index is 2.20. The van der Waals surface area contributed by atoms with Crippen LogP contribution in [0.25, 0.3) is 0 Å². The minimum absolute atomic E-state index is 0.875. The van der Waals surface area contributed by atoms with E-state index in [1.54, 1.807) is 11.8 Å². The Bertz CT molecular complexity index is 583. The lowest BCUT2D eigenvalue weighted by Gasteiger charge is -2.10. The molecule has 0 aliphatic rings. The van der Waals surface area contributed by atoms with Crippen LogP contribution in [0.15, 0.2) is 32.7 Å². The fourth-order valence-corrected chi connectivity index (χ4v) is 3.26. The van der Waals surface area contributed by atoms with E-state index in [0.29, 0.717) is 0 Å². The van der Waals surface area contributed by atoms with E-state index in [4.69, 9.17) is 0 Å². The standard InChI is InChI=1S/C14H19BrN4S/c1-4-7-16-9-11-5-6-12(15)8-13(11)20-14-18-17-10(2)19(14)3/h5-6,8,16H,4,7,9H2,1-3H3. The third kappa shape index (κ3) is 3.84. The highest BCUT2D eigenvalue weighted by molar-refractivity contribution is 9.10. The van der Waals surface area contributed by atoms with E-state index < -0.39 is 0 Å².